The lowest BCUT2D eigenvalue weighted by molar-refractivity contribution is 0.255. The molecule has 0 bridgehead atoms. The fourth-order valence-corrected chi connectivity index (χ4v) is 1.82. The van der Waals surface area contributed by atoms with Crippen molar-refractivity contribution in [3.63, 3.8) is 0 Å². The summed E-state index contributed by atoms with van der Waals surface area (Å²) in [7, 11) is 0. The highest BCUT2D eigenvalue weighted by Crippen LogP contribution is 2.23. The molecule has 0 aromatic heterocycles. The Labute approximate surface area is 126 Å². The summed E-state index contributed by atoms with van der Waals surface area (Å²) in [5.41, 5.74) is 1.96. The summed E-state index contributed by atoms with van der Waals surface area (Å²) in [6, 6.07) is 13.7. The molecule has 2 N–H and O–H groups in total. The van der Waals surface area contributed by atoms with Crippen LogP contribution in [0.15, 0.2) is 54.2 Å². The van der Waals surface area contributed by atoms with E-state index in [1.54, 1.807) is 6.20 Å². The molecule has 2 rings (SSSR count). The second kappa shape index (κ2) is 6.00. The van der Waals surface area contributed by atoms with E-state index in [9.17, 15) is 4.79 Å². The minimum absolute atomic E-state index is 0.0518. The molecule has 2 amide bonds. The first-order valence-corrected chi connectivity index (χ1v) is 7.10. The van der Waals surface area contributed by atoms with Gasteiger partial charge in [0.25, 0.3) is 0 Å². The molecule has 3 heteroatoms. The van der Waals surface area contributed by atoms with Gasteiger partial charge >= 0.3 is 6.03 Å². The van der Waals surface area contributed by atoms with Gasteiger partial charge in [-0.3, -0.25) is 0 Å². The number of carbonyl (C=O) groups is 1. The van der Waals surface area contributed by atoms with Gasteiger partial charge in [0.2, 0.25) is 0 Å². The zero-order valence-electron chi connectivity index (χ0n) is 13.0. The SMILES string of the molecule is C/C(=C\NC(=O)Nc1ccc2ccccc2c1)C(C)(C)C. The van der Waals surface area contributed by atoms with Crippen molar-refractivity contribution in [2.24, 2.45) is 5.41 Å². The molecular weight excluding hydrogens is 260 g/mol. The minimum Gasteiger partial charge on any atom is -0.314 e. The fraction of sp³-hybridized carbons (Fsp3) is 0.278. The number of hydrogen-bond acceptors (Lipinski definition) is 1. The van der Waals surface area contributed by atoms with Crippen molar-refractivity contribution in [3.8, 4) is 0 Å². The first kappa shape index (κ1) is 15.1. The predicted octanol–water partition coefficient (Wildman–Crippen LogP) is 4.91. The van der Waals surface area contributed by atoms with E-state index in [0.717, 1.165) is 22.0 Å². The standard InChI is InChI=1S/C18H22N2O/c1-13(18(2,3)4)12-19-17(21)20-16-10-9-14-7-5-6-8-15(14)11-16/h5-12H,1-4H3,(H2,19,20,21)/b13-12+. The normalized spacial score (nSPS) is 12.3. The molecule has 0 atom stereocenters. The molecule has 0 radical (unpaired) electrons. The van der Waals surface area contributed by atoms with Gasteiger partial charge in [0.1, 0.15) is 0 Å². The zero-order valence-corrected chi connectivity index (χ0v) is 13.0. The molecule has 3 nitrogen and oxygen atoms in total. The highest BCUT2D eigenvalue weighted by atomic mass is 16.2. The number of nitrogens with one attached hydrogen (secondary N) is 2. The summed E-state index contributed by atoms with van der Waals surface area (Å²) >= 11 is 0. The molecule has 0 aliphatic rings. The van der Waals surface area contributed by atoms with Crippen LogP contribution in [-0.2, 0) is 0 Å². The number of hydrogen-bond donors (Lipinski definition) is 2. The van der Waals surface area contributed by atoms with E-state index in [2.05, 4.69) is 37.5 Å². The van der Waals surface area contributed by atoms with Crippen molar-refractivity contribution in [1.82, 2.24) is 5.32 Å². The molecule has 0 saturated heterocycles. The zero-order chi connectivity index (χ0) is 15.5. The molecule has 0 heterocycles. The van der Waals surface area contributed by atoms with E-state index in [0.29, 0.717) is 0 Å². The number of fused-ring (bicyclic) bond motifs is 1. The van der Waals surface area contributed by atoms with Crippen LogP contribution in [0.1, 0.15) is 27.7 Å². The molecule has 0 aliphatic heterocycles. The van der Waals surface area contributed by atoms with Crippen LogP contribution in [0.5, 0.6) is 0 Å². The molecule has 2 aromatic rings. The second-order valence-electron chi connectivity index (χ2n) is 6.24. The van der Waals surface area contributed by atoms with Gasteiger partial charge in [0.15, 0.2) is 0 Å². The summed E-state index contributed by atoms with van der Waals surface area (Å²) in [5, 5.41) is 7.89. The Hall–Kier alpha value is -2.29. The lowest BCUT2D eigenvalue weighted by Gasteiger charge is -2.19. The van der Waals surface area contributed by atoms with E-state index in [1.165, 1.54) is 0 Å². The summed E-state index contributed by atoms with van der Waals surface area (Å²) in [4.78, 5) is 11.9. The summed E-state index contributed by atoms with van der Waals surface area (Å²) < 4.78 is 0. The number of rotatable bonds is 2. The second-order valence-corrected chi connectivity index (χ2v) is 6.24. The van der Waals surface area contributed by atoms with Gasteiger partial charge in [-0.1, -0.05) is 56.7 Å². The van der Waals surface area contributed by atoms with Crippen LogP contribution in [0, 0.1) is 5.41 Å². The van der Waals surface area contributed by atoms with E-state index in [4.69, 9.17) is 0 Å². The van der Waals surface area contributed by atoms with Gasteiger partial charge in [-0.05, 0) is 35.2 Å². The first-order chi connectivity index (χ1) is 9.86. The lowest BCUT2D eigenvalue weighted by Crippen LogP contribution is -2.25. The van der Waals surface area contributed by atoms with E-state index in [1.807, 2.05) is 43.3 Å². The van der Waals surface area contributed by atoms with Crippen LogP contribution in [-0.4, -0.2) is 6.03 Å². The van der Waals surface area contributed by atoms with Gasteiger partial charge < -0.3 is 10.6 Å². The number of allylic oxidation sites excluding steroid dienone is 1. The Kier molecular flexibility index (Phi) is 4.32. The number of urea groups is 1. The topological polar surface area (TPSA) is 41.1 Å². The summed E-state index contributed by atoms with van der Waals surface area (Å²) in [5.74, 6) is 0. The smallest absolute Gasteiger partial charge is 0.314 e. The van der Waals surface area contributed by atoms with E-state index >= 15 is 0 Å². The molecule has 21 heavy (non-hydrogen) atoms. The molecule has 110 valence electrons. The average molecular weight is 282 g/mol. The molecule has 0 fully saturated rings. The number of benzene rings is 2. The molecule has 0 unspecified atom stereocenters. The van der Waals surface area contributed by atoms with Crippen molar-refractivity contribution < 1.29 is 4.79 Å². The Morgan fingerprint density at radius 1 is 1.05 bits per heavy atom. The van der Waals surface area contributed by atoms with E-state index in [-0.39, 0.29) is 11.4 Å². The van der Waals surface area contributed by atoms with Crippen LogP contribution < -0.4 is 10.6 Å². The molecule has 0 saturated carbocycles. The Morgan fingerprint density at radius 2 is 1.71 bits per heavy atom. The van der Waals surface area contributed by atoms with Gasteiger partial charge in [0, 0.05) is 11.9 Å². The van der Waals surface area contributed by atoms with E-state index < -0.39 is 0 Å². The van der Waals surface area contributed by atoms with Crippen molar-refractivity contribution in [2.75, 3.05) is 5.32 Å². The Bertz CT molecular complexity index is 681. The molecule has 2 aromatic carbocycles. The number of carbonyl (C=O) groups excluding carboxylic acids is 1. The quantitative estimate of drug-likeness (QED) is 0.807. The Balaban J connectivity index is 2.05. The summed E-state index contributed by atoms with van der Waals surface area (Å²) in [6.07, 6.45) is 1.76. The Morgan fingerprint density at radius 3 is 2.38 bits per heavy atom. The lowest BCUT2D eigenvalue weighted by atomic mass is 9.88. The van der Waals surface area contributed by atoms with Crippen molar-refractivity contribution in [1.29, 1.82) is 0 Å². The van der Waals surface area contributed by atoms with Crippen molar-refractivity contribution >= 4 is 22.5 Å². The third kappa shape index (κ3) is 4.09. The monoisotopic (exact) mass is 282 g/mol. The molecule has 0 spiro atoms. The molecule has 0 aliphatic carbocycles. The van der Waals surface area contributed by atoms with Gasteiger partial charge in [0.05, 0.1) is 0 Å². The highest BCUT2D eigenvalue weighted by Gasteiger charge is 2.12. The van der Waals surface area contributed by atoms with Crippen molar-refractivity contribution in [2.45, 2.75) is 27.7 Å². The van der Waals surface area contributed by atoms with Gasteiger partial charge in [-0.25, -0.2) is 4.79 Å². The average Bonchev–Trinajstić information content (AvgIpc) is 2.43. The fourth-order valence-electron chi connectivity index (χ4n) is 1.82. The highest BCUT2D eigenvalue weighted by molar-refractivity contribution is 5.93. The van der Waals surface area contributed by atoms with Crippen LogP contribution in [0.25, 0.3) is 10.8 Å². The minimum atomic E-state index is -0.228. The van der Waals surface area contributed by atoms with Gasteiger partial charge in [-0.15, -0.1) is 0 Å². The van der Waals surface area contributed by atoms with Crippen LogP contribution in [0.4, 0.5) is 10.5 Å². The van der Waals surface area contributed by atoms with Gasteiger partial charge in [-0.2, -0.15) is 0 Å². The largest absolute Gasteiger partial charge is 0.323 e. The van der Waals surface area contributed by atoms with Crippen LogP contribution in [0.3, 0.4) is 0 Å². The van der Waals surface area contributed by atoms with Crippen molar-refractivity contribution in [3.05, 3.63) is 54.2 Å². The third-order valence-electron chi connectivity index (χ3n) is 3.61. The maximum Gasteiger partial charge on any atom is 0.323 e. The first-order valence-electron chi connectivity index (χ1n) is 7.10. The van der Waals surface area contributed by atoms with Crippen LogP contribution in [0.2, 0.25) is 0 Å². The molecular formula is C18H22N2O. The number of anilines is 1. The van der Waals surface area contributed by atoms with Crippen LogP contribution >= 0.6 is 0 Å². The predicted molar refractivity (Wildman–Crippen MR) is 89.3 cm³/mol. The maximum atomic E-state index is 11.9. The summed E-state index contributed by atoms with van der Waals surface area (Å²) in [6.45, 7) is 8.35. The number of amides is 2. The maximum absolute atomic E-state index is 11.9. The third-order valence-corrected chi connectivity index (χ3v) is 3.61.